The van der Waals surface area contributed by atoms with Crippen molar-refractivity contribution in [3.8, 4) is 0 Å². The van der Waals surface area contributed by atoms with Gasteiger partial charge in [-0.1, -0.05) is 12.7 Å². The van der Waals surface area contributed by atoms with Gasteiger partial charge in [0.15, 0.2) is 0 Å². The number of allylic oxidation sites excluding steroid dienone is 3. The first-order valence-electron chi connectivity index (χ1n) is 2.85. The van der Waals surface area contributed by atoms with Gasteiger partial charge in [0, 0.05) is 6.20 Å². The Balaban J connectivity index is 2.69. The quantitative estimate of drug-likeness (QED) is 0.566. The molecule has 2 N–H and O–H groups in total. The summed E-state index contributed by atoms with van der Waals surface area (Å²) in [7, 11) is 0. The monoisotopic (exact) mass is 136 g/mol. The summed E-state index contributed by atoms with van der Waals surface area (Å²) in [6.45, 7) is 3.50. The normalized spacial score (nSPS) is 20.0. The van der Waals surface area contributed by atoms with Gasteiger partial charge in [-0.3, -0.25) is 0 Å². The number of rotatable bonds is 1. The molecule has 0 radical (unpaired) electrons. The van der Waals surface area contributed by atoms with Crippen LogP contribution in [0.3, 0.4) is 0 Å². The highest BCUT2D eigenvalue weighted by atomic mass is 16.3. The van der Waals surface area contributed by atoms with Crippen molar-refractivity contribution in [1.29, 1.82) is 0 Å². The van der Waals surface area contributed by atoms with Gasteiger partial charge in [-0.2, -0.15) is 0 Å². The summed E-state index contributed by atoms with van der Waals surface area (Å²) in [4.78, 5) is 3.84. The van der Waals surface area contributed by atoms with Crippen molar-refractivity contribution in [2.45, 2.75) is 0 Å². The summed E-state index contributed by atoms with van der Waals surface area (Å²) in [5, 5.41) is 11.5. The van der Waals surface area contributed by atoms with Crippen molar-refractivity contribution in [1.82, 2.24) is 5.32 Å². The molecule has 0 aromatic carbocycles. The van der Waals surface area contributed by atoms with E-state index < -0.39 is 0 Å². The van der Waals surface area contributed by atoms with Gasteiger partial charge in [-0.05, 0) is 6.08 Å². The Morgan fingerprint density at radius 3 is 3.00 bits per heavy atom. The van der Waals surface area contributed by atoms with Gasteiger partial charge >= 0.3 is 0 Å². The third-order valence-corrected chi connectivity index (χ3v) is 0.980. The molecule has 0 fully saturated rings. The van der Waals surface area contributed by atoms with Crippen LogP contribution in [0.1, 0.15) is 0 Å². The molecule has 1 aliphatic rings. The number of hydrogen-bond donors (Lipinski definition) is 2. The fourth-order valence-electron chi connectivity index (χ4n) is 0.561. The van der Waals surface area contributed by atoms with Crippen LogP contribution in [-0.4, -0.2) is 11.3 Å². The van der Waals surface area contributed by atoms with Crippen LogP contribution in [0.2, 0.25) is 0 Å². The summed E-state index contributed by atoms with van der Waals surface area (Å²) in [6, 6.07) is 0. The van der Waals surface area contributed by atoms with E-state index in [0.717, 1.165) is 0 Å². The Morgan fingerprint density at radius 1 is 1.70 bits per heavy atom. The van der Waals surface area contributed by atoms with Crippen molar-refractivity contribution < 1.29 is 5.11 Å². The lowest BCUT2D eigenvalue weighted by Gasteiger charge is -2.04. The fraction of sp³-hybridized carbons (Fsp3) is 0. The zero-order valence-corrected chi connectivity index (χ0v) is 5.41. The lowest BCUT2D eigenvalue weighted by molar-refractivity contribution is 0.440. The predicted octanol–water partition coefficient (Wildman–Crippen LogP) is 1.09. The van der Waals surface area contributed by atoms with Crippen molar-refractivity contribution >= 4 is 6.21 Å². The van der Waals surface area contributed by atoms with E-state index >= 15 is 0 Å². The summed E-state index contributed by atoms with van der Waals surface area (Å²) < 4.78 is 0. The minimum atomic E-state index is 0.126. The molecule has 0 saturated heterocycles. The van der Waals surface area contributed by atoms with E-state index in [1.165, 1.54) is 12.4 Å². The van der Waals surface area contributed by atoms with E-state index in [0.29, 0.717) is 5.82 Å². The lowest BCUT2D eigenvalue weighted by atomic mass is 10.4. The molecule has 1 aliphatic heterocycles. The Kier molecular flexibility index (Phi) is 1.89. The molecule has 0 aromatic rings. The van der Waals surface area contributed by atoms with Gasteiger partial charge in [0.05, 0.1) is 6.21 Å². The number of hydrogen-bond acceptors (Lipinski definition) is 3. The zero-order valence-electron chi connectivity index (χ0n) is 5.41. The van der Waals surface area contributed by atoms with Crippen LogP contribution in [0.5, 0.6) is 0 Å². The highest BCUT2D eigenvalue weighted by Gasteiger charge is 1.95. The topological polar surface area (TPSA) is 44.6 Å². The second-order valence-corrected chi connectivity index (χ2v) is 1.76. The number of nitrogens with one attached hydrogen (secondary N) is 1. The molecule has 0 saturated carbocycles. The maximum atomic E-state index is 8.79. The molecule has 0 unspecified atom stereocenters. The summed E-state index contributed by atoms with van der Waals surface area (Å²) in [6.07, 6.45) is 6.16. The van der Waals surface area contributed by atoms with Crippen LogP contribution >= 0.6 is 0 Å². The summed E-state index contributed by atoms with van der Waals surface area (Å²) in [5.41, 5.74) is 0. The molecule has 1 heterocycles. The van der Waals surface area contributed by atoms with Gasteiger partial charge < -0.3 is 10.4 Å². The molecular weight excluding hydrogens is 128 g/mol. The number of aliphatic imine (C=N–C) groups is 1. The maximum Gasteiger partial charge on any atom is 0.149 e. The lowest BCUT2D eigenvalue weighted by Crippen LogP contribution is -2.09. The van der Waals surface area contributed by atoms with Crippen LogP contribution in [0, 0.1) is 0 Å². The van der Waals surface area contributed by atoms with E-state index in [-0.39, 0.29) is 5.76 Å². The average molecular weight is 136 g/mol. The highest BCUT2D eigenvalue weighted by Crippen LogP contribution is 1.98. The molecule has 10 heavy (non-hydrogen) atoms. The molecule has 0 aliphatic carbocycles. The molecular formula is C7H8N2O. The van der Waals surface area contributed by atoms with Crippen molar-refractivity contribution in [2.24, 2.45) is 4.99 Å². The smallest absolute Gasteiger partial charge is 0.149 e. The third kappa shape index (κ3) is 1.48. The van der Waals surface area contributed by atoms with Gasteiger partial charge in [-0.25, -0.2) is 4.99 Å². The molecule has 0 bridgehead atoms. The minimum Gasteiger partial charge on any atom is -0.505 e. The van der Waals surface area contributed by atoms with Crippen LogP contribution < -0.4 is 5.32 Å². The Labute approximate surface area is 59.1 Å². The average Bonchev–Trinajstić information content (AvgIpc) is 1.95. The number of aliphatic hydroxyl groups is 1. The Hall–Kier alpha value is -1.51. The van der Waals surface area contributed by atoms with Crippen molar-refractivity contribution in [3.05, 3.63) is 36.5 Å². The van der Waals surface area contributed by atoms with Crippen LogP contribution in [-0.2, 0) is 0 Å². The molecule has 0 aromatic heterocycles. The van der Waals surface area contributed by atoms with E-state index in [1.54, 1.807) is 12.2 Å². The number of nitrogens with zero attached hydrogens (tertiary/aromatic N) is 1. The third-order valence-electron chi connectivity index (χ3n) is 0.980. The van der Waals surface area contributed by atoms with Gasteiger partial charge in [0.2, 0.25) is 0 Å². The molecule has 3 heteroatoms. The summed E-state index contributed by atoms with van der Waals surface area (Å²) >= 11 is 0. The van der Waals surface area contributed by atoms with E-state index in [2.05, 4.69) is 16.9 Å². The first-order chi connectivity index (χ1) is 4.83. The molecule has 52 valence electrons. The maximum absolute atomic E-state index is 8.79. The van der Waals surface area contributed by atoms with Crippen LogP contribution in [0.15, 0.2) is 41.5 Å². The van der Waals surface area contributed by atoms with Gasteiger partial charge in [0.25, 0.3) is 0 Å². The predicted molar refractivity (Wildman–Crippen MR) is 40.6 cm³/mol. The SMILES string of the molecule is C=C/C=C1/N=CC(O)=CN1. The van der Waals surface area contributed by atoms with Crippen LogP contribution in [0.25, 0.3) is 0 Å². The van der Waals surface area contributed by atoms with Gasteiger partial charge in [0.1, 0.15) is 11.6 Å². The fourth-order valence-corrected chi connectivity index (χ4v) is 0.561. The molecule has 0 spiro atoms. The van der Waals surface area contributed by atoms with Crippen LogP contribution in [0.4, 0.5) is 0 Å². The molecule has 0 atom stereocenters. The van der Waals surface area contributed by atoms with Crippen molar-refractivity contribution in [3.63, 3.8) is 0 Å². The first kappa shape index (κ1) is 6.61. The summed E-state index contributed by atoms with van der Waals surface area (Å²) in [5.74, 6) is 0.800. The largest absolute Gasteiger partial charge is 0.505 e. The standard InChI is InChI=1S/C7H8N2O/c1-2-3-7-8-4-6(10)5-9-7/h2-5,8,10H,1H2/b7-3+. The second-order valence-electron chi connectivity index (χ2n) is 1.76. The van der Waals surface area contributed by atoms with E-state index in [1.807, 2.05) is 0 Å². The molecule has 1 rings (SSSR count). The van der Waals surface area contributed by atoms with Gasteiger partial charge in [-0.15, -0.1) is 0 Å². The first-order valence-corrected chi connectivity index (χ1v) is 2.85. The molecule has 3 nitrogen and oxygen atoms in total. The Bertz CT molecular complexity index is 226. The second kappa shape index (κ2) is 2.87. The van der Waals surface area contributed by atoms with Crippen molar-refractivity contribution in [2.75, 3.05) is 0 Å². The van der Waals surface area contributed by atoms with E-state index in [4.69, 9.17) is 5.11 Å². The number of aliphatic hydroxyl groups excluding tert-OH is 1. The molecule has 0 amide bonds. The zero-order chi connectivity index (χ0) is 7.40. The van der Waals surface area contributed by atoms with E-state index in [9.17, 15) is 0 Å². The Morgan fingerprint density at radius 2 is 2.50 bits per heavy atom. The minimum absolute atomic E-state index is 0.126. The highest BCUT2D eigenvalue weighted by molar-refractivity contribution is 5.77.